The van der Waals surface area contributed by atoms with Gasteiger partial charge in [-0.05, 0) is 47.5 Å². The van der Waals surface area contributed by atoms with Crippen LogP contribution in [0.4, 0.5) is 0 Å². The Kier molecular flexibility index (Phi) is 6.72. The Morgan fingerprint density at radius 1 is 0.667 bits per heavy atom. The van der Waals surface area contributed by atoms with Crippen LogP contribution in [-0.2, 0) is 9.59 Å². The van der Waals surface area contributed by atoms with Crippen molar-refractivity contribution in [1.29, 1.82) is 0 Å². The van der Waals surface area contributed by atoms with E-state index in [1.807, 2.05) is 48.5 Å². The molecule has 0 aliphatic rings. The van der Waals surface area contributed by atoms with Gasteiger partial charge in [0.1, 0.15) is 0 Å². The highest BCUT2D eigenvalue weighted by Gasteiger charge is 1.99. The third-order valence-corrected chi connectivity index (χ3v) is 5.25. The normalized spacial score (nSPS) is 11.2. The van der Waals surface area contributed by atoms with Crippen LogP contribution in [0.15, 0.2) is 70.5 Å². The number of hydrogen-bond acceptors (Lipinski definition) is 4. The van der Waals surface area contributed by atoms with Gasteiger partial charge in [0.2, 0.25) is 0 Å². The summed E-state index contributed by atoms with van der Waals surface area (Å²) < 4.78 is 0. The van der Waals surface area contributed by atoms with E-state index < -0.39 is 11.9 Å². The molecule has 0 radical (unpaired) electrons. The molecular formula is C18H14O4S2. The summed E-state index contributed by atoms with van der Waals surface area (Å²) in [5.41, 5.74) is 1.67. The largest absolute Gasteiger partial charge is 0.478 e. The van der Waals surface area contributed by atoms with Crippen molar-refractivity contribution in [2.24, 2.45) is 0 Å². The lowest BCUT2D eigenvalue weighted by molar-refractivity contribution is -0.132. The van der Waals surface area contributed by atoms with E-state index in [0.29, 0.717) is 0 Å². The minimum Gasteiger partial charge on any atom is -0.478 e. The summed E-state index contributed by atoms with van der Waals surface area (Å²) in [5, 5.41) is 17.2. The molecule has 0 fully saturated rings. The summed E-state index contributed by atoms with van der Waals surface area (Å²) in [7, 11) is 3.19. The van der Waals surface area contributed by atoms with Gasteiger partial charge in [-0.3, -0.25) is 0 Å². The second-order valence-corrected chi connectivity index (χ2v) is 6.92. The second-order valence-electron chi connectivity index (χ2n) is 4.65. The van der Waals surface area contributed by atoms with Gasteiger partial charge in [0, 0.05) is 21.9 Å². The maximum absolute atomic E-state index is 10.5. The van der Waals surface area contributed by atoms with Crippen LogP contribution in [0.3, 0.4) is 0 Å². The molecule has 2 rings (SSSR count). The highest BCUT2D eigenvalue weighted by Crippen LogP contribution is 2.37. The number of carboxylic acid groups (broad SMARTS) is 2. The Morgan fingerprint density at radius 2 is 1.00 bits per heavy atom. The SMILES string of the molecule is O=C(O)/C=C/c1ccc(SSc2ccc(/C=C/C(=O)O)cc2)cc1. The van der Waals surface area contributed by atoms with Crippen LogP contribution in [0.2, 0.25) is 0 Å². The van der Waals surface area contributed by atoms with Gasteiger partial charge < -0.3 is 10.2 Å². The minimum absolute atomic E-state index is 0.835. The molecule has 0 atom stereocenters. The highest BCUT2D eigenvalue weighted by molar-refractivity contribution is 8.76. The molecule has 2 aromatic rings. The number of aliphatic carboxylic acids is 2. The molecular weight excluding hydrogens is 344 g/mol. The van der Waals surface area contributed by atoms with Crippen molar-refractivity contribution >= 4 is 45.7 Å². The van der Waals surface area contributed by atoms with E-state index >= 15 is 0 Å². The first-order chi connectivity index (χ1) is 11.5. The predicted octanol–water partition coefficient (Wildman–Crippen LogP) is 4.68. The second kappa shape index (κ2) is 9.00. The van der Waals surface area contributed by atoms with Crippen molar-refractivity contribution in [3.05, 3.63) is 71.8 Å². The van der Waals surface area contributed by atoms with Crippen LogP contribution in [-0.4, -0.2) is 22.2 Å². The Balaban J connectivity index is 1.91. The van der Waals surface area contributed by atoms with E-state index in [9.17, 15) is 9.59 Å². The molecule has 0 bridgehead atoms. The van der Waals surface area contributed by atoms with Crippen LogP contribution >= 0.6 is 21.6 Å². The lowest BCUT2D eigenvalue weighted by Gasteiger charge is -2.02. The summed E-state index contributed by atoms with van der Waals surface area (Å²) in [4.78, 5) is 23.1. The van der Waals surface area contributed by atoms with Crippen molar-refractivity contribution in [1.82, 2.24) is 0 Å². The molecule has 24 heavy (non-hydrogen) atoms. The van der Waals surface area contributed by atoms with E-state index in [2.05, 4.69) is 0 Å². The fraction of sp³-hybridized carbons (Fsp3) is 0. The van der Waals surface area contributed by atoms with E-state index in [1.54, 1.807) is 33.7 Å². The molecule has 0 aliphatic heterocycles. The fourth-order valence-electron chi connectivity index (χ4n) is 1.70. The fourth-order valence-corrected chi connectivity index (χ4v) is 3.63. The van der Waals surface area contributed by atoms with E-state index in [1.165, 1.54) is 0 Å². The van der Waals surface area contributed by atoms with Gasteiger partial charge in [-0.2, -0.15) is 0 Å². The van der Waals surface area contributed by atoms with Crippen LogP contribution in [0, 0.1) is 0 Å². The van der Waals surface area contributed by atoms with Gasteiger partial charge in [0.15, 0.2) is 0 Å². The summed E-state index contributed by atoms with van der Waals surface area (Å²) in [5.74, 6) is -1.93. The van der Waals surface area contributed by atoms with Crippen molar-refractivity contribution in [3.63, 3.8) is 0 Å². The molecule has 6 heteroatoms. The molecule has 0 spiro atoms. The van der Waals surface area contributed by atoms with Crippen LogP contribution in [0.1, 0.15) is 11.1 Å². The molecule has 0 heterocycles. The van der Waals surface area contributed by atoms with Gasteiger partial charge in [-0.15, -0.1) is 0 Å². The standard InChI is InChI=1S/C18H14O4S2/c19-17(20)11-5-13-1-7-15(8-2-13)23-24-16-9-3-14(4-10-16)6-12-18(21)22/h1-12H,(H,19,20)(H,21,22)/b11-5+,12-6+. The third-order valence-electron chi connectivity index (χ3n) is 2.83. The average molecular weight is 358 g/mol. The molecule has 2 N–H and O–H groups in total. The van der Waals surface area contributed by atoms with E-state index in [4.69, 9.17) is 10.2 Å². The average Bonchev–Trinajstić information content (AvgIpc) is 2.58. The van der Waals surface area contributed by atoms with Crippen molar-refractivity contribution in [2.45, 2.75) is 9.79 Å². The third kappa shape index (κ3) is 6.36. The molecule has 0 saturated heterocycles. The van der Waals surface area contributed by atoms with Crippen LogP contribution in [0.5, 0.6) is 0 Å². The smallest absolute Gasteiger partial charge is 0.328 e. The van der Waals surface area contributed by atoms with Crippen molar-refractivity contribution in [3.8, 4) is 0 Å². The summed E-state index contributed by atoms with van der Waals surface area (Å²) in [6.45, 7) is 0. The van der Waals surface area contributed by atoms with E-state index in [0.717, 1.165) is 33.1 Å². The van der Waals surface area contributed by atoms with Gasteiger partial charge in [0.25, 0.3) is 0 Å². The predicted molar refractivity (Wildman–Crippen MR) is 97.9 cm³/mol. The summed E-state index contributed by atoms with van der Waals surface area (Å²) in [6.07, 6.45) is 5.31. The van der Waals surface area contributed by atoms with Gasteiger partial charge >= 0.3 is 11.9 Å². The topological polar surface area (TPSA) is 74.6 Å². The van der Waals surface area contributed by atoms with E-state index in [-0.39, 0.29) is 0 Å². The molecule has 122 valence electrons. The first kappa shape index (κ1) is 17.9. The summed E-state index contributed by atoms with van der Waals surface area (Å²) in [6, 6.07) is 15.2. The van der Waals surface area contributed by atoms with Crippen molar-refractivity contribution < 1.29 is 19.8 Å². The highest BCUT2D eigenvalue weighted by atomic mass is 33.1. The lowest BCUT2D eigenvalue weighted by Crippen LogP contribution is -1.85. The molecule has 0 amide bonds. The number of benzene rings is 2. The quantitative estimate of drug-likeness (QED) is 0.553. The molecule has 0 unspecified atom stereocenters. The van der Waals surface area contributed by atoms with Crippen LogP contribution < -0.4 is 0 Å². The zero-order valence-electron chi connectivity index (χ0n) is 12.5. The molecule has 0 aliphatic carbocycles. The zero-order valence-corrected chi connectivity index (χ0v) is 14.1. The summed E-state index contributed by atoms with van der Waals surface area (Å²) >= 11 is 0. The molecule has 0 saturated carbocycles. The minimum atomic E-state index is -0.967. The van der Waals surface area contributed by atoms with Gasteiger partial charge in [-0.1, -0.05) is 45.9 Å². The Morgan fingerprint density at radius 3 is 1.29 bits per heavy atom. The first-order valence-electron chi connectivity index (χ1n) is 6.89. The Labute approximate surface area is 147 Å². The maximum atomic E-state index is 10.5. The van der Waals surface area contributed by atoms with Crippen LogP contribution in [0.25, 0.3) is 12.2 Å². The molecule has 4 nitrogen and oxygen atoms in total. The molecule has 2 aromatic carbocycles. The maximum Gasteiger partial charge on any atom is 0.328 e. The lowest BCUT2D eigenvalue weighted by atomic mass is 10.2. The Bertz CT molecular complexity index is 695. The van der Waals surface area contributed by atoms with Gasteiger partial charge in [-0.25, -0.2) is 9.59 Å². The number of rotatable bonds is 7. The molecule has 0 aromatic heterocycles. The number of carboxylic acids is 2. The zero-order chi connectivity index (χ0) is 17.4. The van der Waals surface area contributed by atoms with Crippen molar-refractivity contribution in [2.75, 3.05) is 0 Å². The number of carbonyl (C=O) groups is 2. The van der Waals surface area contributed by atoms with Gasteiger partial charge in [0.05, 0.1) is 0 Å². The monoisotopic (exact) mass is 358 g/mol. The number of hydrogen-bond donors (Lipinski definition) is 2. The first-order valence-corrected chi connectivity index (χ1v) is 9.04. The Hall–Kier alpha value is -2.44.